The summed E-state index contributed by atoms with van der Waals surface area (Å²) in [6, 6.07) is 9.61. The SMILES string of the molecule is Cc1sc(NC(=O)CC(C)(C)C)c(C(N)=O)c1-c1ccccc1. The summed E-state index contributed by atoms with van der Waals surface area (Å²) in [5.41, 5.74) is 7.58. The highest BCUT2D eigenvalue weighted by molar-refractivity contribution is 7.17. The van der Waals surface area contributed by atoms with E-state index < -0.39 is 5.91 Å². The molecule has 1 aromatic heterocycles. The molecule has 2 rings (SSSR count). The first-order valence-electron chi connectivity index (χ1n) is 7.47. The van der Waals surface area contributed by atoms with Gasteiger partial charge in [0.15, 0.2) is 0 Å². The molecule has 0 aliphatic carbocycles. The normalized spacial score (nSPS) is 11.3. The molecule has 1 aromatic carbocycles. The summed E-state index contributed by atoms with van der Waals surface area (Å²) in [5.74, 6) is -0.639. The van der Waals surface area contributed by atoms with E-state index in [1.807, 2.05) is 58.0 Å². The number of nitrogens with two attached hydrogens (primary N) is 1. The van der Waals surface area contributed by atoms with Crippen molar-refractivity contribution in [2.45, 2.75) is 34.1 Å². The van der Waals surface area contributed by atoms with Crippen LogP contribution in [0.1, 0.15) is 42.4 Å². The van der Waals surface area contributed by atoms with Gasteiger partial charge < -0.3 is 11.1 Å². The highest BCUT2D eigenvalue weighted by Gasteiger charge is 2.24. The van der Waals surface area contributed by atoms with Crippen LogP contribution < -0.4 is 11.1 Å². The van der Waals surface area contributed by atoms with Gasteiger partial charge in [-0.15, -0.1) is 11.3 Å². The maximum Gasteiger partial charge on any atom is 0.252 e. The monoisotopic (exact) mass is 330 g/mol. The zero-order valence-corrected chi connectivity index (χ0v) is 14.7. The van der Waals surface area contributed by atoms with Gasteiger partial charge in [0.25, 0.3) is 5.91 Å². The summed E-state index contributed by atoms with van der Waals surface area (Å²) < 4.78 is 0. The lowest BCUT2D eigenvalue weighted by Crippen LogP contribution is -2.21. The van der Waals surface area contributed by atoms with Gasteiger partial charge in [0.05, 0.1) is 5.56 Å². The zero-order chi connectivity index (χ0) is 17.2. The van der Waals surface area contributed by atoms with Gasteiger partial charge in [-0.05, 0) is 17.9 Å². The molecule has 0 aliphatic rings. The number of benzene rings is 1. The van der Waals surface area contributed by atoms with Crippen LogP contribution in [-0.4, -0.2) is 11.8 Å². The topological polar surface area (TPSA) is 72.2 Å². The lowest BCUT2D eigenvalue weighted by atomic mass is 9.92. The molecule has 0 saturated heterocycles. The predicted molar refractivity (Wildman–Crippen MR) is 95.7 cm³/mol. The van der Waals surface area contributed by atoms with Gasteiger partial charge in [-0.1, -0.05) is 51.1 Å². The molecule has 0 aliphatic heterocycles. The minimum atomic E-state index is -0.528. The van der Waals surface area contributed by atoms with Crippen molar-refractivity contribution in [2.24, 2.45) is 11.1 Å². The average Bonchev–Trinajstić information content (AvgIpc) is 2.73. The van der Waals surface area contributed by atoms with Gasteiger partial charge in [-0.25, -0.2) is 0 Å². The smallest absolute Gasteiger partial charge is 0.252 e. The number of hydrogen-bond acceptors (Lipinski definition) is 3. The maximum atomic E-state index is 12.2. The molecule has 2 aromatic rings. The number of nitrogens with one attached hydrogen (secondary N) is 1. The lowest BCUT2D eigenvalue weighted by molar-refractivity contribution is -0.117. The third-order valence-corrected chi connectivity index (χ3v) is 4.36. The Morgan fingerprint density at radius 2 is 1.78 bits per heavy atom. The molecular formula is C18H22N2O2S. The van der Waals surface area contributed by atoms with Gasteiger partial charge in [0.1, 0.15) is 5.00 Å². The van der Waals surface area contributed by atoms with Crippen LogP contribution in [0.5, 0.6) is 0 Å². The summed E-state index contributed by atoms with van der Waals surface area (Å²) in [5, 5.41) is 3.39. The van der Waals surface area contributed by atoms with Crippen LogP contribution in [0, 0.1) is 12.3 Å². The van der Waals surface area contributed by atoms with Crippen molar-refractivity contribution < 1.29 is 9.59 Å². The molecule has 1 heterocycles. The molecule has 0 spiro atoms. The first-order valence-corrected chi connectivity index (χ1v) is 8.29. The third kappa shape index (κ3) is 4.20. The van der Waals surface area contributed by atoms with Crippen molar-refractivity contribution in [1.82, 2.24) is 0 Å². The second-order valence-corrected chi connectivity index (χ2v) is 7.98. The second-order valence-electron chi connectivity index (χ2n) is 6.75. The van der Waals surface area contributed by atoms with Crippen molar-refractivity contribution in [1.29, 1.82) is 0 Å². The Labute approximate surface area is 140 Å². The number of anilines is 1. The molecule has 23 heavy (non-hydrogen) atoms. The van der Waals surface area contributed by atoms with E-state index >= 15 is 0 Å². The number of thiophene rings is 1. The molecular weight excluding hydrogens is 308 g/mol. The first kappa shape index (κ1) is 17.2. The van der Waals surface area contributed by atoms with Crippen LogP contribution >= 0.6 is 11.3 Å². The molecule has 0 unspecified atom stereocenters. The van der Waals surface area contributed by atoms with Crippen LogP contribution in [-0.2, 0) is 4.79 Å². The van der Waals surface area contributed by atoms with Crippen molar-refractivity contribution in [3.05, 3.63) is 40.8 Å². The van der Waals surface area contributed by atoms with Gasteiger partial charge >= 0.3 is 0 Å². The number of amides is 2. The van der Waals surface area contributed by atoms with E-state index in [4.69, 9.17) is 5.73 Å². The number of rotatable bonds is 4. The number of carbonyl (C=O) groups is 2. The van der Waals surface area contributed by atoms with E-state index in [2.05, 4.69) is 5.32 Å². The number of aryl methyl sites for hydroxylation is 1. The molecule has 4 nitrogen and oxygen atoms in total. The molecule has 0 atom stereocenters. The van der Waals surface area contributed by atoms with Crippen molar-refractivity contribution in [2.75, 3.05) is 5.32 Å². The molecule has 0 fully saturated rings. The van der Waals surface area contributed by atoms with Crippen molar-refractivity contribution >= 4 is 28.2 Å². The Bertz CT molecular complexity index is 727. The zero-order valence-electron chi connectivity index (χ0n) is 13.9. The Morgan fingerprint density at radius 1 is 1.17 bits per heavy atom. The largest absolute Gasteiger partial charge is 0.365 e. The van der Waals surface area contributed by atoms with Gasteiger partial charge in [-0.3, -0.25) is 9.59 Å². The molecule has 122 valence electrons. The number of primary amides is 1. The van der Waals surface area contributed by atoms with Gasteiger partial charge in [-0.2, -0.15) is 0 Å². The quantitative estimate of drug-likeness (QED) is 0.882. The summed E-state index contributed by atoms with van der Waals surface area (Å²) in [4.78, 5) is 25.1. The van der Waals surface area contributed by atoms with Crippen molar-refractivity contribution in [3.8, 4) is 11.1 Å². The Balaban J connectivity index is 2.43. The number of carbonyl (C=O) groups excluding carboxylic acids is 2. The fourth-order valence-corrected chi connectivity index (χ4v) is 3.57. The Morgan fingerprint density at radius 3 is 2.30 bits per heavy atom. The fourth-order valence-electron chi connectivity index (χ4n) is 2.47. The minimum Gasteiger partial charge on any atom is -0.365 e. The summed E-state index contributed by atoms with van der Waals surface area (Å²) >= 11 is 1.39. The highest BCUT2D eigenvalue weighted by Crippen LogP contribution is 2.39. The van der Waals surface area contributed by atoms with Crippen LogP contribution in [0.25, 0.3) is 11.1 Å². The van der Waals surface area contributed by atoms with E-state index in [1.54, 1.807) is 0 Å². The maximum absolute atomic E-state index is 12.2. The second kappa shape index (κ2) is 6.54. The minimum absolute atomic E-state index is 0.110. The fraction of sp³-hybridized carbons (Fsp3) is 0.333. The highest BCUT2D eigenvalue weighted by atomic mass is 32.1. The molecule has 0 radical (unpaired) electrons. The van der Waals surface area contributed by atoms with E-state index in [0.29, 0.717) is 17.0 Å². The molecule has 0 saturated carbocycles. The number of hydrogen-bond donors (Lipinski definition) is 2. The standard InChI is InChI=1S/C18H22N2O2S/c1-11-14(12-8-6-5-7-9-12)15(16(19)22)17(23-11)20-13(21)10-18(2,3)4/h5-9H,10H2,1-4H3,(H2,19,22)(H,20,21). The predicted octanol–water partition coefficient (Wildman–Crippen LogP) is 4.20. The Kier molecular flexibility index (Phi) is 4.90. The molecule has 5 heteroatoms. The van der Waals surface area contributed by atoms with E-state index in [-0.39, 0.29) is 11.3 Å². The van der Waals surface area contributed by atoms with E-state index in [0.717, 1.165) is 16.0 Å². The third-order valence-electron chi connectivity index (χ3n) is 3.34. The Hall–Kier alpha value is -2.14. The van der Waals surface area contributed by atoms with Crippen LogP contribution in [0.3, 0.4) is 0 Å². The van der Waals surface area contributed by atoms with Crippen LogP contribution in [0.4, 0.5) is 5.00 Å². The van der Waals surface area contributed by atoms with Crippen LogP contribution in [0.15, 0.2) is 30.3 Å². The molecule has 2 amide bonds. The lowest BCUT2D eigenvalue weighted by Gasteiger charge is -2.17. The van der Waals surface area contributed by atoms with Crippen molar-refractivity contribution in [3.63, 3.8) is 0 Å². The summed E-state index contributed by atoms with van der Waals surface area (Å²) in [7, 11) is 0. The first-order chi connectivity index (χ1) is 10.7. The van der Waals surface area contributed by atoms with E-state index in [9.17, 15) is 9.59 Å². The summed E-state index contributed by atoms with van der Waals surface area (Å²) in [6.07, 6.45) is 0.378. The summed E-state index contributed by atoms with van der Waals surface area (Å²) in [6.45, 7) is 7.92. The van der Waals surface area contributed by atoms with Gasteiger partial charge in [0, 0.05) is 16.9 Å². The van der Waals surface area contributed by atoms with E-state index in [1.165, 1.54) is 11.3 Å². The molecule has 3 N–H and O–H groups in total. The van der Waals surface area contributed by atoms with Gasteiger partial charge in [0.2, 0.25) is 5.91 Å². The van der Waals surface area contributed by atoms with Crippen LogP contribution in [0.2, 0.25) is 0 Å². The average molecular weight is 330 g/mol. The molecule has 0 bridgehead atoms.